The second-order valence-electron chi connectivity index (χ2n) is 3.25. The quantitative estimate of drug-likeness (QED) is 0.561. The maximum Gasteiger partial charge on any atom is 0.0651 e. The molecular formula is C8H17N2O. The molecule has 0 spiro atoms. The number of likely N-dealkylation sites (N-methyl/N-ethyl adjacent to an activating group) is 1. The summed E-state index contributed by atoms with van der Waals surface area (Å²) in [7, 11) is 4.16. The summed E-state index contributed by atoms with van der Waals surface area (Å²) in [4.78, 5) is 2.18. The number of ether oxygens (including phenoxy) is 1. The van der Waals surface area contributed by atoms with Crippen molar-refractivity contribution in [3.8, 4) is 0 Å². The van der Waals surface area contributed by atoms with Crippen LogP contribution in [0.5, 0.6) is 0 Å². The predicted molar refractivity (Wildman–Crippen MR) is 44.8 cm³/mol. The topological polar surface area (TPSA) is 26.6 Å². The summed E-state index contributed by atoms with van der Waals surface area (Å²) in [5, 5.41) is 4.48. The van der Waals surface area contributed by atoms with Crippen molar-refractivity contribution in [3.05, 3.63) is 0 Å². The minimum atomic E-state index is 0.374. The molecule has 0 amide bonds. The van der Waals surface area contributed by atoms with E-state index in [4.69, 9.17) is 4.74 Å². The SMILES string of the molecule is CC(C1COCC[N]1)N(C)C. The Morgan fingerprint density at radius 2 is 2.27 bits per heavy atom. The van der Waals surface area contributed by atoms with Gasteiger partial charge in [0.2, 0.25) is 0 Å². The van der Waals surface area contributed by atoms with Gasteiger partial charge in [0, 0.05) is 12.6 Å². The average Bonchev–Trinajstić information content (AvgIpc) is 2.05. The summed E-state index contributed by atoms with van der Waals surface area (Å²) >= 11 is 0. The lowest BCUT2D eigenvalue weighted by molar-refractivity contribution is 0.0478. The van der Waals surface area contributed by atoms with Crippen LogP contribution in [0.4, 0.5) is 0 Å². The number of hydrogen-bond donors (Lipinski definition) is 0. The highest BCUT2D eigenvalue weighted by Crippen LogP contribution is 2.04. The van der Waals surface area contributed by atoms with E-state index in [1.807, 2.05) is 0 Å². The van der Waals surface area contributed by atoms with Crippen molar-refractivity contribution in [2.24, 2.45) is 0 Å². The van der Waals surface area contributed by atoms with Crippen molar-refractivity contribution in [3.63, 3.8) is 0 Å². The van der Waals surface area contributed by atoms with Gasteiger partial charge in [0.15, 0.2) is 0 Å². The van der Waals surface area contributed by atoms with Crippen molar-refractivity contribution in [1.29, 1.82) is 0 Å². The molecule has 0 aromatic carbocycles. The van der Waals surface area contributed by atoms with Crippen molar-refractivity contribution in [2.75, 3.05) is 33.9 Å². The van der Waals surface area contributed by atoms with Crippen LogP contribution in [0.1, 0.15) is 6.92 Å². The van der Waals surface area contributed by atoms with Crippen LogP contribution in [0.15, 0.2) is 0 Å². The molecule has 1 radical (unpaired) electrons. The fraction of sp³-hybridized carbons (Fsp3) is 1.00. The largest absolute Gasteiger partial charge is 0.378 e. The third kappa shape index (κ3) is 2.43. The zero-order valence-corrected chi connectivity index (χ0v) is 7.58. The van der Waals surface area contributed by atoms with Crippen LogP contribution in [0.3, 0.4) is 0 Å². The van der Waals surface area contributed by atoms with E-state index in [1.165, 1.54) is 0 Å². The molecule has 1 heterocycles. The van der Waals surface area contributed by atoms with Gasteiger partial charge >= 0.3 is 0 Å². The van der Waals surface area contributed by atoms with E-state index in [0.717, 1.165) is 19.8 Å². The molecule has 0 aliphatic carbocycles. The van der Waals surface area contributed by atoms with Crippen molar-refractivity contribution < 1.29 is 4.74 Å². The number of hydrogen-bond acceptors (Lipinski definition) is 2. The molecule has 65 valence electrons. The normalized spacial score (nSPS) is 28.9. The third-order valence-corrected chi connectivity index (χ3v) is 2.26. The lowest BCUT2D eigenvalue weighted by Gasteiger charge is -2.31. The van der Waals surface area contributed by atoms with Gasteiger partial charge in [-0.1, -0.05) is 0 Å². The van der Waals surface area contributed by atoms with Gasteiger partial charge in [-0.2, -0.15) is 0 Å². The van der Waals surface area contributed by atoms with E-state index < -0.39 is 0 Å². The van der Waals surface area contributed by atoms with E-state index in [-0.39, 0.29) is 0 Å². The molecular weight excluding hydrogens is 140 g/mol. The average molecular weight is 157 g/mol. The molecule has 0 saturated carbocycles. The smallest absolute Gasteiger partial charge is 0.0651 e. The highest BCUT2D eigenvalue weighted by molar-refractivity contribution is 4.79. The molecule has 3 heteroatoms. The molecule has 2 unspecified atom stereocenters. The second-order valence-corrected chi connectivity index (χ2v) is 3.25. The summed E-state index contributed by atoms with van der Waals surface area (Å²) in [6.45, 7) is 4.64. The second kappa shape index (κ2) is 4.04. The molecule has 1 saturated heterocycles. The van der Waals surface area contributed by atoms with E-state index in [1.54, 1.807) is 0 Å². The summed E-state index contributed by atoms with van der Waals surface area (Å²) in [6, 6.07) is 0.869. The zero-order valence-electron chi connectivity index (χ0n) is 7.58. The van der Waals surface area contributed by atoms with Crippen LogP contribution in [-0.4, -0.2) is 50.8 Å². The van der Waals surface area contributed by atoms with E-state index in [9.17, 15) is 0 Å². The van der Waals surface area contributed by atoms with Crippen LogP contribution >= 0.6 is 0 Å². The standard InChI is InChI=1S/C8H17N2O/c1-7(10(2)3)8-6-11-5-4-9-8/h7-8H,4-6H2,1-3H3. The van der Waals surface area contributed by atoms with E-state index >= 15 is 0 Å². The lowest BCUT2D eigenvalue weighted by atomic mass is 10.1. The summed E-state index contributed by atoms with van der Waals surface area (Å²) in [5.41, 5.74) is 0. The first-order valence-corrected chi connectivity index (χ1v) is 4.12. The fourth-order valence-electron chi connectivity index (χ4n) is 1.18. The van der Waals surface area contributed by atoms with Gasteiger partial charge in [0.1, 0.15) is 0 Å². The minimum Gasteiger partial charge on any atom is -0.378 e. The number of rotatable bonds is 2. The Morgan fingerprint density at radius 3 is 2.73 bits per heavy atom. The Morgan fingerprint density at radius 1 is 1.55 bits per heavy atom. The Balaban J connectivity index is 2.32. The Labute approximate surface area is 68.7 Å². The highest BCUT2D eigenvalue weighted by Gasteiger charge is 2.22. The van der Waals surface area contributed by atoms with Crippen molar-refractivity contribution in [2.45, 2.75) is 19.0 Å². The Hall–Kier alpha value is -0.120. The molecule has 1 aliphatic heterocycles. The molecule has 0 aromatic heterocycles. The monoisotopic (exact) mass is 157 g/mol. The Kier molecular flexibility index (Phi) is 3.30. The zero-order chi connectivity index (χ0) is 8.27. The molecule has 11 heavy (non-hydrogen) atoms. The molecule has 0 bridgehead atoms. The van der Waals surface area contributed by atoms with Gasteiger partial charge in [-0.05, 0) is 21.0 Å². The first-order chi connectivity index (χ1) is 5.22. The summed E-state index contributed by atoms with van der Waals surface area (Å²) in [5.74, 6) is 0. The van der Waals surface area contributed by atoms with Gasteiger partial charge in [-0.3, -0.25) is 0 Å². The molecule has 2 atom stereocenters. The first kappa shape index (κ1) is 8.97. The number of nitrogens with zero attached hydrogens (tertiary/aromatic N) is 2. The van der Waals surface area contributed by atoms with Gasteiger partial charge in [-0.25, -0.2) is 5.32 Å². The fourth-order valence-corrected chi connectivity index (χ4v) is 1.18. The molecule has 1 fully saturated rings. The summed E-state index contributed by atoms with van der Waals surface area (Å²) < 4.78 is 5.33. The maximum absolute atomic E-state index is 5.33. The maximum atomic E-state index is 5.33. The lowest BCUT2D eigenvalue weighted by Crippen LogP contribution is -2.48. The van der Waals surface area contributed by atoms with Crippen molar-refractivity contribution in [1.82, 2.24) is 10.2 Å². The molecule has 0 aromatic rings. The molecule has 3 nitrogen and oxygen atoms in total. The predicted octanol–water partition coefficient (Wildman–Crippen LogP) is -0.0603. The highest BCUT2D eigenvalue weighted by atomic mass is 16.5. The third-order valence-electron chi connectivity index (χ3n) is 2.26. The van der Waals surface area contributed by atoms with Gasteiger partial charge in [0.25, 0.3) is 0 Å². The first-order valence-electron chi connectivity index (χ1n) is 4.12. The van der Waals surface area contributed by atoms with E-state index in [2.05, 4.69) is 31.2 Å². The van der Waals surface area contributed by atoms with Gasteiger partial charge in [0.05, 0.1) is 19.3 Å². The van der Waals surface area contributed by atoms with E-state index in [0.29, 0.717) is 12.1 Å². The molecule has 1 rings (SSSR count). The number of morpholine rings is 1. The van der Waals surface area contributed by atoms with Crippen LogP contribution in [0.2, 0.25) is 0 Å². The van der Waals surface area contributed by atoms with Crippen LogP contribution in [0, 0.1) is 0 Å². The van der Waals surface area contributed by atoms with Crippen LogP contribution in [-0.2, 0) is 4.74 Å². The van der Waals surface area contributed by atoms with Crippen molar-refractivity contribution >= 4 is 0 Å². The minimum absolute atomic E-state index is 0.374. The van der Waals surface area contributed by atoms with Crippen LogP contribution in [0.25, 0.3) is 0 Å². The molecule has 1 aliphatic rings. The Bertz CT molecular complexity index is 111. The molecule has 0 N–H and O–H groups in total. The van der Waals surface area contributed by atoms with Gasteiger partial charge < -0.3 is 9.64 Å². The summed E-state index contributed by atoms with van der Waals surface area (Å²) in [6.07, 6.45) is 0. The van der Waals surface area contributed by atoms with Crippen LogP contribution < -0.4 is 5.32 Å². The van der Waals surface area contributed by atoms with Gasteiger partial charge in [-0.15, -0.1) is 0 Å².